The standard InChI is InChI=1S/C11H16N2O2/c1-9-6-10(8-12-9)7-11(14)13-2-4-15-5-3-13/h6,8,12H,2-5,7H2,1H3. The highest BCUT2D eigenvalue weighted by atomic mass is 16.5. The van der Waals surface area contributed by atoms with Gasteiger partial charge in [-0.1, -0.05) is 0 Å². The Bertz CT molecular complexity index is 340. The first-order valence-electron chi connectivity index (χ1n) is 5.25. The first-order chi connectivity index (χ1) is 7.25. The molecule has 0 radical (unpaired) electrons. The second-order valence-corrected chi connectivity index (χ2v) is 3.86. The van der Waals surface area contributed by atoms with E-state index in [0.29, 0.717) is 19.6 Å². The van der Waals surface area contributed by atoms with Gasteiger partial charge in [0, 0.05) is 25.0 Å². The molecule has 0 spiro atoms. The van der Waals surface area contributed by atoms with Crippen LogP contribution in [0.4, 0.5) is 0 Å². The molecule has 1 aromatic rings. The molecule has 0 aliphatic carbocycles. The second kappa shape index (κ2) is 4.49. The van der Waals surface area contributed by atoms with Gasteiger partial charge < -0.3 is 14.6 Å². The average molecular weight is 208 g/mol. The molecule has 1 aromatic heterocycles. The van der Waals surface area contributed by atoms with E-state index in [1.807, 2.05) is 24.1 Å². The highest BCUT2D eigenvalue weighted by Gasteiger charge is 2.16. The normalized spacial score (nSPS) is 16.7. The van der Waals surface area contributed by atoms with Gasteiger partial charge in [-0.25, -0.2) is 0 Å². The third kappa shape index (κ3) is 2.59. The fraction of sp³-hybridized carbons (Fsp3) is 0.545. The van der Waals surface area contributed by atoms with Gasteiger partial charge in [0.1, 0.15) is 0 Å². The van der Waals surface area contributed by atoms with Crippen LogP contribution in [0.25, 0.3) is 0 Å². The molecule has 1 amide bonds. The van der Waals surface area contributed by atoms with E-state index < -0.39 is 0 Å². The summed E-state index contributed by atoms with van der Waals surface area (Å²) in [6.45, 7) is 4.77. The first kappa shape index (κ1) is 10.2. The summed E-state index contributed by atoms with van der Waals surface area (Å²) < 4.78 is 5.20. The van der Waals surface area contributed by atoms with Gasteiger partial charge in [0.2, 0.25) is 5.91 Å². The first-order valence-corrected chi connectivity index (χ1v) is 5.25. The van der Waals surface area contributed by atoms with Crippen LogP contribution in [-0.4, -0.2) is 42.1 Å². The number of H-pyrrole nitrogens is 1. The van der Waals surface area contributed by atoms with Crippen molar-refractivity contribution in [1.82, 2.24) is 9.88 Å². The number of nitrogens with one attached hydrogen (secondary N) is 1. The van der Waals surface area contributed by atoms with E-state index in [9.17, 15) is 4.79 Å². The van der Waals surface area contributed by atoms with E-state index >= 15 is 0 Å². The minimum absolute atomic E-state index is 0.192. The van der Waals surface area contributed by atoms with Gasteiger partial charge in [-0.05, 0) is 18.6 Å². The zero-order chi connectivity index (χ0) is 10.7. The summed E-state index contributed by atoms with van der Waals surface area (Å²) in [5.74, 6) is 0.192. The third-order valence-electron chi connectivity index (χ3n) is 2.61. The summed E-state index contributed by atoms with van der Waals surface area (Å²) in [4.78, 5) is 16.8. The van der Waals surface area contributed by atoms with Crippen LogP contribution in [0.5, 0.6) is 0 Å². The minimum Gasteiger partial charge on any atom is -0.378 e. The Morgan fingerprint density at radius 1 is 1.53 bits per heavy atom. The van der Waals surface area contributed by atoms with Crippen molar-refractivity contribution in [3.05, 3.63) is 23.5 Å². The molecule has 0 atom stereocenters. The maximum Gasteiger partial charge on any atom is 0.227 e. The van der Waals surface area contributed by atoms with E-state index in [0.717, 1.165) is 24.3 Å². The highest BCUT2D eigenvalue weighted by molar-refractivity contribution is 5.78. The number of carbonyl (C=O) groups is 1. The van der Waals surface area contributed by atoms with Gasteiger partial charge in [-0.15, -0.1) is 0 Å². The third-order valence-corrected chi connectivity index (χ3v) is 2.61. The number of ether oxygens (including phenoxy) is 1. The van der Waals surface area contributed by atoms with Gasteiger partial charge in [-0.2, -0.15) is 0 Å². The van der Waals surface area contributed by atoms with Crippen LogP contribution in [0.15, 0.2) is 12.3 Å². The zero-order valence-electron chi connectivity index (χ0n) is 8.95. The number of nitrogens with zero attached hydrogens (tertiary/aromatic N) is 1. The Morgan fingerprint density at radius 3 is 2.87 bits per heavy atom. The molecule has 1 saturated heterocycles. The Balaban J connectivity index is 1.91. The molecule has 2 rings (SSSR count). The molecule has 2 heterocycles. The Labute approximate surface area is 89.2 Å². The van der Waals surface area contributed by atoms with Crippen LogP contribution in [0.3, 0.4) is 0 Å². The van der Waals surface area contributed by atoms with Crippen LogP contribution in [-0.2, 0) is 16.0 Å². The van der Waals surface area contributed by atoms with Crippen molar-refractivity contribution >= 4 is 5.91 Å². The van der Waals surface area contributed by atoms with Gasteiger partial charge >= 0.3 is 0 Å². The maximum atomic E-state index is 11.8. The number of aromatic nitrogens is 1. The summed E-state index contributed by atoms with van der Waals surface area (Å²) >= 11 is 0. The number of morpholine rings is 1. The number of rotatable bonds is 2. The van der Waals surface area contributed by atoms with Crippen molar-refractivity contribution in [2.75, 3.05) is 26.3 Å². The van der Waals surface area contributed by atoms with E-state index in [4.69, 9.17) is 4.74 Å². The molecular formula is C11H16N2O2. The topological polar surface area (TPSA) is 45.3 Å². The lowest BCUT2D eigenvalue weighted by Gasteiger charge is -2.26. The molecule has 1 fully saturated rings. The molecule has 0 unspecified atom stereocenters. The molecule has 1 N–H and O–H groups in total. The molecule has 0 aromatic carbocycles. The van der Waals surface area contributed by atoms with Crippen molar-refractivity contribution in [2.45, 2.75) is 13.3 Å². The van der Waals surface area contributed by atoms with E-state index in [-0.39, 0.29) is 5.91 Å². The van der Waals surface area contributed by atoms with Crippen LogP contribution in [0.1, 0.15) is 11.3 Å². The van der Waals surface area contributed by atoms with Crippen molar-refractivity contribution in [3.63, 3.8) is 0 Å². The monoisotopic (exact) mass is 208 g/mol. The fourth-order valence-corrected chi connectivity index (χ4v) is 1.77. The summed E-state index contributed by atoms with van der Waals surface area (Å²) in [7, 11) is 0. The molecule has 4 nitrogen and oxygen atoms in total. The molecule has 0 bridgehead atoms. The van der Waals surface area contributed by atoms with Crippen LogP contribution >= 0.6 is 0 Å². The average Bonchev–Trinajstić information content (AvgIpc) is 2.65. The summed E-state index contributed by atoms with van der Waals surface area (Å²) in [5.41, 5.74) is 2.16. The molecule has 4 heteroatoms. The van der Waals surface area contributed by atoms with Gasteiger partial charge in [0.15, 0.2) is 0 Å². The SMILES string of the molecule is Cc1cc(CC(=O)N2CCOCC2)c[nH]1. The molecule has 82 valence electrons. The molecule has 1 aliphatic rings. The molecule has 15 heavy (non-hydrogen) atoms. The van der Waals surface area contributed by atoms with Crippen molar-refractivity contribution in [3.8, 4) is 0 Å². The van der Waals surface area contributed by atoms with Crippen LogP contribution in [0, 0.1) is 6.92 Å². The lowest BCUT2D eigenvalue weighted by atomic mass is 10.2. The quantitative estimate of drug-likeness (QED) is 0.778. The van der Waals surface area contributed by atoms with E-state index in [1.165, 1.54) is 0 Å². The number of carbonyl (C=O) groups excluding carboxylic acids is 1. The number of hydrogen-bond acceptors (Lipinski definition) is 2. The molecule has 0 saturated carbocycles. The number of hydrogen-bond donors (Lipinski definition) is 1. The largest absolute Gasteiger partial charge is 0.378 e. The van der Waals surface area contributed by atoms with Crippen molar-refractivity contribution < 1.29 is 9.53 Å². The van der Waals surface area contributed by atoms with Crippen LogP contribution in [0.2, 0.25) is 0 Å². The summed E-state index contributed by atoms with van der Waals surface area (Å²) in [6.07, 6.45) is 2.39. The predicted molar refractivity (Wildman–Crippen MR) is 56.6 cm³/mol. The van der Waals surface area contributed by atoms with Crippen LogP contribution < -0.4 is 0 Å². The number of amides is 1. The van der Waals surface area contributed by atoms with Gasteiger partial charge in [0.05, 0.1) is 19.6 Å². The van der Waals surface area contributed by atoms with Crippen molar-refractivity contribution in [1.29, 1.82) is 0 Å². The Morgan fingerprint density at radius 2 is 2.27 bits per heavy atom. The smallest absolute Gasteiger partial charge is 0.227 e. The lowest BCUT2D eigenvalue weighted by molar-refractivity contribution is -0.134. The maximum absolute atomic E-state index is 11.8. The summed E-state index contributed by atoms with van der Waals surface area (Å²) in [5, 5.41) is 0. The number of aromatic amines is 1. The highest BCUT2D eigenvalue weighted by Crippen LogP contribution is 2.06. The molecular weight excluding hydrogens is 192 g/mol. The number of aryl methyl sites for hydroxylation is 1. The molecule has 1 aliphatic heterocycles. The lowest BCUT2D eigenvalue weighted by Crippen LogP contribution is -2.41. The van der Waals surface area contributed by atoms with Gasteiger partial charge in [0.25, 0.3) is 0 Å². The minimum atomic E-state index is 0.192. The van der Waals surface area contributed by atoms with Gasteiger partial charge in [-0.3, -0.25) is 4.79 Å². The predicted octanol–water partition coefficient (Wildman–Crippen LogP) is 0.724. The summed E-state index contributed by atoms with van der Waals surface area (Å²) in [6, 6.07) is 2.01. The Kier molecular flexibility index (Phi) is 3.06. The van der Waals surface area contributed by atoms with E-state index in [1.54, 1.807) is 0 Å². The van der Waals surface area contributed by atoms with Crippen molar-refractivity contribution in [2.24, 2.45) is 0 Å². The van der Waals surface area contributed by atoms with E-state index in [2.05, 4.69) is 4.98 Å². The Hall–Kier alpha value is -1.29. The zero-order valence-corrected chi connectivity index (χ0v) is 8.95. The second-order valence-electron chi connectivity index (χ2n) is 3.86. The fourth-order valence-electron chi connectivity index (χ4n) is 1.77.